The van der Waals surface area contributed by atoms with Crippen LogP contribution in [-0.4, -0.2) is 23.0 Å². The second kappa shape index (κ2) is 8.00. The SMILES string of the molecule is COc1ccc(C[S@@](=O)CC(=O)NCc2ccco2)c(Cl)c1. The fraction of sp³-hybridized carbons (Fsp3) is 0.267. The van der Waals surface area contributed by atoms with Gasteiger partial charge in [0.25, 0.3) is 0 Å². The van der Waals surface area contributed by atoms with Crippen molar-refractivity contribution in [3.8, 4) is 5.75 Å². The summed E-state index contributed by atoms with van der Waals surface area (Å²) >= 11 is 6.09. The Bertz CT molecular complexity index is 658. The highest BCUT2D eigenvalue weighted by Gasteiger charge is 2.11. The van der Waals surface area contributed by atoms with Gasteiger partial charge in [-0.05, 0) is 29.8 Å². The van der Waals surface area contributed by atoms with Crippen LogP contribution in [0.5, 0.6) is 5.75 Å². The fourth-order valence-corrected chi connectivity index (χ4v) is 3.20. The lowest BCUT2D eigenvalue weighted by atomic mass is 10.2. The summed E-state index contributed by atoms with van der Waals surface area (Å²) in [6.45, 7) is 0.284. The summed E-state index contributed by atoms with van der Waals surface area (Å²) in [5.74, 6) is 1.13. The molecule has 1 aromatic heterocycles. The number of halogens is 1. The Labute approximate surface area is 136 Å². The highest BCUT2D eigenvalue weighted by Crippen LogP contribution is 2.23. The van der Waals surface area contributed by atoms with Crippen LogP contribution in [0.3, 0.4) is 0 Å². The quantitative estimate of drug-likeness (QED) is 0.840. The molecule has 1 aromatic carbocycles. The molecule has 0 spiro atoms. The molecular formula is C15H16ClNO4S. The normalized spacial score (nSPS) is 11.9. The van der Waals surface area contributed by atoms with E-state index in [9.17, 15) is 9.00 Å². The summed E-state index contributed by atoms with van der Waals surface area (Å²) < 4.78 is 22.2. The van der Waals surface area contributed by atoms with Crippen molar-refractivity contribution < 1.29 is 18.2 Å². The first-order valence-electron chi connectivity index (χ1n) is 6.55. The molecule has 118 valence electrons. The molecule has 0 saturated carbocycles. The van der Waals surface area contributed by atoms with Crippen molar-refractivity contribution in [2.45, 2.75) is 12.3 Å². The molecule has 22 heavy (non-hydrogen) atoms. The Morgan fingerprint density at radius 1 is 1.41 bits per heavy atom. The fourth-order valence-electron chi connectivity index (χ4n) is 1.79. The van der Waals surface area contributed by atoms with Gasteiger partial charge < -0.3 is 14.5 Å². The molecule has 0 aliphatic carbocycles. The third-order valence-electron chi connectivity index (χ3n) is 2.91. The van der Waals surface area contributed by atoms with Crippen LogP contribution in [0, 0.1) is 0 Å². The van der Waals surface area contributed by atoms with Gasteiger partial charge in [-0.2, -0.15) is 0 Å². The molecule has 0 saturated heterocycles. The third kappa shape index (κ3) is 4.89. The second-order valence-corrected chi connectivity index (χ2v) is 6.41. The number of carbonyl (C=O) groups excluding carboxylic acids is 1. The Hall–Kier alpha value is -1.79. The summed E-state index contributed by atoms with van der Waals surface area (Å²) in [7, 11) is 0.212. The van der Waals surface area contributed by atoms with E-state index >= 15 is 0 Å². The van der Waals surface area contributed by atoms with E-state index in [0.29, 0.717) is 16.5 Å². The molecule has 0 fully saturated rings. The topological polar surface area (TPSA) is 68.5 Å². The van der Waals surface area contributed by atoms with Crippen LogP contribution in [0.15, 0.2) is 41.0 Å². The van der Waals surface area contributed by atoms with Crippen LogP contribution in [-0.2, 0) is 27.9 Å². The van der Waals surface area contributed by atoms with E-state index in [0.717, 1.165) is 5.56 Å². The van der Waals surface area contributed by atoms with E-state index in [2.05, 4.69) is 5.32 Å². The molecule has 5 nitrogen and oxygen atoms in total. The largest absolute Gasteiger partial charge is 0.497 e. The van der Waals surface area contributed by atoms with E-state index in [4.69, 9.17) is 20.8 Å². The number of methoxy groups -OCH3 is 1. The molecule has 1 N–H and O–H groups in total. The number of hydrogen-bond donors (Lipinski definition) is 1. The van der Waals surface area contributed by atoms with Crippen LogP contribution in [0.4, 0.5) is 0 Å². The minimum atomic E-state index is -1.34. The Morgan fingerprint density at radius 2 is 2.23 bits per heavy atom. The lowest BCUT2D eigenvalue weighted by Gasteiger charge is -2.07. The number of ether oxygens (including phenoxy) is 1. The average Bonchev–Trinajstić information content (AvgIpc) is 3.00. The highest BCUT2D eigenvalue weighted by molar-refractivity contribution is 7.84. The average molecular weight is 342 g/mol. The molecule has 0 radical (unpaired) electrons. The molecule has 0 bridgehead atoms. The second-order valence-electron chi connectivity index (χ2n) is 4.54. The maximum Gasteiger partial charge on any atom is 0.233 e. The van der Waals surface area contributed by atoms with Crippen molar-refractivity contribution >= 4 is 28.3 Å². The number of benzene rings is 1. The Balaban J connectivity index is 1.83. The summed E-state index contributed by atoms with van der Waals surface area (Å²) in [6.07, 6.45) is 1.53. The lowest BCUT2D eigenvalue weighted by Crippen LogP contribution is -2.28. The summed E-state index contributed by atoms with van der Waals surface area (Å²) in [5.41, 5.74) is 0.722. The number of carbonyl (C=O) groups is 1. The van der Waals surface area contributed by atoms with Gasteiger partial charge in [-0.15, -0.1) is 0 Å². The predicted octanol–water partition coefficient (Wildman–Crippen LogP) is 2.51. The van der Waals surface area contributed by atoms with Gasteiger partial charge in [0.15, 0.2) is 0 Å². The minimum absolute atomic E-state index is 0.0803. The van der Waals surface area contributed by atoms with Crippen molar-refractivity contribution in [3.05, 3.63) is 52.9 Å². The molecule has 0 aliphatic rings. The Morgan fingerprint density at radius 3 is 2.86 bits per heavy atom. The predicted molar refractivity (Wildman–Crippen MR) is 85.3 cm³/mol. The first kappa shape index (κ1) is 16.6. The molecule has 1 atom stereocenters. The van der Waals surface area contributed by atoms with E-state index in [1.54, 1.807) is 37.4 Å². The Kier molecular flexibility index (Phi) is 6.03. The van der Waals surface area contributed by atoms with Gasteiger partial charge in [0.05, 0.1) is 25.7 Å². The van der Waals surface area contributed by atoms with Gasteiger partial charge in [0, 0.05) is 15.8 Å². The maximum atomic E-state index is 12.0. The van der Waals surface area contributed by atoms with Crippen LogP contribution < -0.4 is 10.1 Å². The van der Waals surface area contributed by atoms with Crippen molar-refractivity contribution in [3.63, 3.8) is 0 Å². The standard InChI is InChI=1S/C15H16ClNO4S/c1-20-12-5-4-11(14(16)7-12)9-22(19)10-15(18)17-8-13-3-2-6-21-13/h2-7H,8-10H2,1H3,(H,17,18)/t22-/m1/s1. The molecule has 0 unspecified atom stereocenters. The van der Waals surface area contributed by atoms with Crippen molar-refractivity contribution in [2.24, 2.45) is 0 Å². The van der Waals surface area contributed by atoms with Gasteiger partial charge in [-0.1, -0.05) is 17.7 Å². The summed E-state index contributed by atoms with van der Waals surface area (Å²) in [5, 5.41) is 3.13. The van der Waals surface area contributed by atoms with Crippen LogP contribution in [0.1, 0.15) is 11.3 Å². The van der Waals surface area contributed by atoms with Gasteiger partial charge in [-0.25, -0.2) is 0 Å². The first-order valence-corrected chi connectivity index (χ1v) is 8.41. The van der Waals surface area contributed by atoms with Crippen molar-refractivity contribution in [2.75, 3.05) is 12.9 Å². The zero-order valence-corrected chi connectivity index (χ0v) is 13.6. The van der Waals surface area contributed by atoms with E-state index < -0.39 is 10.8 Å². The zero-order chi connectivity index (χ0) is 15.9. The zero-order valence-electron chi connectivity index (χ0n) is 12.0. The van der Waals surface area contributed by atoms with E-state index in [-0.39, 0.29) is 24.0 Å². The molecule has 1 heterocycles. The molecule has 2 rings (SSSR count). The first-order chi connectivity index (χ1) is 10.6. The maximum absolute atomic E-state index is 12.0. The van der Waals surface area contributed by atoms with E-state index in [1.165, 1.54) is 6.26 Å². The number of hydrogen-bond acceptors (Lipinski definition) is 4. The van der Waals surface area contributed by atoms with Crippen molar-refractivity contribution in [1.82, 2.24) is 5.32 Å². The smallest absolute Gasteiger partial charge is 0.233 e. The third-order valence-corrected chi connectivity index (χ3v) is 4.48. The number of nitrogens with one attached hydrogen (secondary N) is 1. The van der Waals surface area contributed by atoms with Gasteiger partial charge in [-0.3, -0.25) is 9.00 Å². The monoisotopic (exact) mass is 341 g/mol. The molecule has 0 aliphatic heterocycles. The molecule has 7 heteroatoms. The number of rotatable bonds is 7. The van der Waals surface area contributed by atoms with Gasteiger partial charge >= 0.3 is 0 Å². The molecule has 1 amide bonds. The van der Waals surface area contributed by atoms with Crippen LogP contribution in [0.25, 0.3) is 0 Å². The highest BCUT2D eigenvalue weighted by atomic mass is 35.5. The number of furan rings is 1. The van der Waals surface area contributed by atoms with Gasteiger partial charge in [0.1, 0.15) is 17.3 Å². The van der Waals surface area contributed by atoms with Gasteiger partial charge in [0.2, 0.25) is 5.91 Å². The van der Waals surface area contributed by atoms with E-state index in [1.807, 2.05) is 0 Å². The van der Waals surface area contributed by atoms with Crippen molar-refractivity contribution in [1.29, 1.82) is 0 Å². The van der Waals surface area contributed by atoms with Crippen LogP contribution >= 0.6 is 11.6 Å². The molecule has 2 aromatic rings. The lowest BCUT2D eigenvalue weighted by molar-refractivity contribution is -0.118. The number of amides is 1. The summed E-state index contributed by atoms with van der Waals surface area (Å²) in [4.78, 5) is 11.7. The minimum Gasteiger partial charge on any atom is -0.497 e. The van der Waals surface area contributed by atoms with Crippen LogP contribution in [0.2, 0.25) is 5.02 Å². The summed E-state index contributed by atoms with van der Waals surface area (Å²) in [6, 6.07) is 8.65. The molecular weight excluding hydrogens is 326 g/mol.